The summed E-state index contributed by atoms with van der Waals surface area (Å²) >= 11 is 1.85. The molecule has 112 valence electrons. The van der Waals surface area contributed by atoms with Crippen LogP contribution in [0.1, 0.15) is 18.4 Å². The zero-order valence-electron chi connectivity index (χ0n) is 11.5. The van der Waals surface area contributed by atoms with Crippen molar-refractivity contribution >= 4 is 23.0 Å². The van der Waals surface area contributed by atoms with Gasteiger partial charge in [0.25, 0.3) is 0 Å². The molecule has 1 heterocycles. The summed E-state index contributed by atoms with van der Waals surface area (Å²) in [6.45, 7) is 1.70. The minimum atomic E-state index is -0.477. The van der Waals surface area contributed by atoms with E-state index in [1.807, 2.05) is 29.1 Å². The van der Waals surface area contributed by atoms with Gasteiger partial charge in [-0.25, -0.2) is 0 Å². The highest BCUT2D eigenvalue weighted by molar-refractivity contribution is 14.1. The number of nitrogens with zero attached hydrogens (tertiary/aromatic N) is 1. The Kier molecular flexibility index (Phi) is 6.70. The monoisotopic (exact) mass is 391 g/mol. The molecule has 2 N–H and O–H groups in total. The first-order valence-corrected chi connectivity index (χ1v) is 7.97. The van der Waals surface area contributed by atoms with Crippen LogP contribution in [0.4, 0.5) is 0 Å². The summed E-state index contributed by atoms with van der Waals surface area (Å²) in [6.07, 6.45) is 2.03. The SMILES string of the molecule is OC[C@H]1C[C@H](O)[C@@H](OI)CN1CCCc1ccccc1. The van der Waals surface area contributed by atoms with Gasteiger partial charge in [0.2, 0.25) is 0 Å². The maximum Gasteiger partial charge on any atom is 0.110 e. The molecule has 4 nitrogen and oxygen atoms in total. The summed E-state index contributed by atoms with van der Waals surface area (Å²) in [5.41, 5.74) is 1.34. The second-order valence-corrected chi connectivity index (χ2v) is 5.86. The van der Waals surface area contributed by atoms with Crippen molar-refractivity contribution in [3.8, 4) is 0 Å². The maximum absolute atomic E-state index is 9.92. The molecule has 3 atom stereocenters. The third-order valence-electron chi connectivity index (χ3n) is 3.95. The molecule has 0 radical (unpaired) electrons. The lowest BCUT2D eigenvalue weighted by atomic mass is 9.97. The molecule has 1 aliphatic rings. The smallest absolute Gasteiger partial charge is 0.110 e. The Morgan fingerprint density at radius 1 is 1.30 bits per heavy atom. The Bertz CT molecular complexity index is 390. The zero-order chi connectivity index (χ0) is 14.4. The van der Waals surface area contributed by atoms with Crippen LogP contribution in [-0.2, 0) is 9.49 Å². The molecule has 2 rings (SSSR count). The molecule has 1 aliphatic heterocycles. The second kappa shape index (κ2) is 8.29. The quantitative estimate of drug-likeness (QED) is 0.727. The summed E-state index contributed by atoms with van der Waals surface area (Å²) in [7, 11) is 0. The molecule has 0 aliphatic carbocycles. The third kappa shape index (κ3) is 4.39. The van der Waals surface area contributed by atoms with Gasteiger partial charge < -0.3 is 13.3 Å². The van der Waals surface area contributed by atoms with E-state index in [9.17, 15) is 10.2 Å². The highest BCUT2D eigenvalue weighted by Crippen LogP contribution is 2.22. The van der Waals surface area contributed by atoms with Crippen molar-refractivity contribution in [2.24, 2.45) is 0 Å². The van der Waals surface area contributed by atoms with E-state index in [1.54, 1.807) is 0 Å². The molecule has 1 fully saturated rings. The van der Waals surface area contributed by atoms with Crippen molar-refractivity contribution in [2.45, 2.75) is 37.5 Å². The summed E-state index contributed by atoms with van der Waals surface area (Å²) in [5.74, 6) is 0. The van der Waals surface area contributed by atoms with Crippen LogP contribution >= 0.6 is 23.0 Å². The van der Waals surface area contributed by atoms with E-state index >= 15 is 0 Å². The first-order valence-electron chi connectivity index (χ1n) is 7.09. The summed E-state index contributed by atoms with van der Waals surface area (Å²) in [5, 5.41) is 19.4. The Morgan fingerprint density at radius 3 is 2.70 bits per heavy atom. The molecule has 0 aromatic heterocycles. The molecule has 1 saturated heterocycles. The van der Waals surface area contributed by atoms with Gasteiger partial charge in [-0.1, -0.05) is 30.3 Å². The maximum atomic E-state index is 9.92. The van der Waals surface area contributed by atoms with Crippen molar-refractivity contribution in [1.82, 2.24) is 4.90 Å². The van der Waals surface area contributed by atoms with E-state index in [0.29, 0.717) is 13.0 Å². The lowest BCUT2D eigenvalue weighted by molar-refractivity contribution is -0.0458. The number of aliphatic hydroxyl groups excluding tert-OH is 2. The number of hydrogen-bond donors (Lipinski definition) is 2. The van der Waals surface area contributed by atoms with Crippen LogP contribution in [0, 0.1) is 0 Å². The second-order valence-electron chi connectivity index (χ2n) is 5.35. The van der Waals surface area contributed by atoms with E-state index in [0.717, 1.165) is 19.4 Å². The Morgan fingerprint density at radius 2 is 2.05 bits per heavy atom. The molecule has 5 heteroatoms. The van der Waals surface area contributed by atoms with Gasteiger partial charge in [0.15, 0.2) is 0 Å². The standard InChI is InChI=1S/C15H22INO3/c16-20-15-10-17(13(11-18)9-14(15)19)8-4-7-12-5-2-1-3-6-12/h1-3,5-6,13-15,18-19H,4,7-11H2/t13-,14+,15+/m1/s1. The molecular formula is C15H22INO3. The summed E-state index contributed by atoms with van der Waals surface area (Å²) in [6, 6.07) is 10.5. The van der Waals surface area contributed by atoms with Crippen LogP contribution in [0.25, 0.3) is 0 Å². The number of hydrogen-bond acceptors (Lipinski definition) is 4. The van der Waals surface area contributed by atoms with E-state index in [1.165, 1.54) is 5.56 Å². The number of aryl methyl sites for hydroxylation is 1. The largest absolute Gasteiger partial charge is 0.395 e. The third-order valence-corrected chi connectivity index (χ3v) is 4.61. The van der Waals surface area contributed by atoms with Crippen LogP contribution in [0.2, 0.25) is 0 Å². The number of piperidine rings is 1. The molecule has 0 amide bonds. The van der Waals surface area contributed by atoms with Crippen molar-refractivity contribution in [3.63, 3.8) is 0 Å². The van der Waals surface area contributed by atoms with Crippen LogP contribution < -0.4 is 0 Å². The molecule has 0 unspecified atom stereocenters. The number of aliphatic hydroxyl groups is 2. The van der Waals surface area contributed by atoms with Gasteiger partial charge in [0.05, 0.1) is 12.7 Å². The molecule has 1 aromatic carbocycles. The molecule has 0 saturated carbocycles. The van der Waals surface area contributed by atoms with E-state index in [2.05, 4.69) is 29.2 Å². The topological polar surface area (TPSA) is 52.9 Å². The van der Waals surface area contributed by atoms with Gasteiger partial charge in [-0.05, 0) is 31.4 Å². The van der Waals surface area contributed by atoms with E-state index in [4.69, 9.17) is 3.07 Å². The Labute approximate surface area is 134 Å². The highest BCUT2D eigenvalue weighted by Gasteiger charge is 2.34. The van der Waals surface area contributed by atoms with E-state index in [-0.39, 0.29) is 18.8 Å². The van der Waals surface area contributed by atoms with Crippen molar-refractivity contribution in [1.29, 1.82) is 0 Å². The van der Waals surface area contributed by atoms with Gasteiger partial charge in [-0.3, -0.25) is 4.90 Å². The van der Waals surface area contributed by atoms with E-state index < -0.39 is 6.10 Å². The fourth-order valence-electron chi connectivity index (χ4n) is 2.76. The van der Waals surface area contributed by atoms with Crippen LogP contribution in [0.5, 0.6) is 0 Å². The number of rotatable bonds is 6. The minimum Gasteiger partial charge on any atom is -0.395 e. The zero-order valence-corrected chi connectivity index (χ0v) is 13.6. The lowest BCUT2D eigenvalue weighted by Gasteiger charge is -2.40. The van der Waals surface area contributed by atoms with Gasteiger partial charge >= 0.3 is 0 Å². The highest BCUT2D eigenvalue weighted by atomic mass is 127. The lowest BCUT2D eigenvalue weighted by Crippen LogP contribution is -2.54. The van der Waals surface area contributed by atoms with Crippen LogP contribution in [-0.4, -0.2) is 53.1 Å². The molecule has 1 aromatic rings. The number of likely N-dealkylation sites (tertiary alicyclic amines) is 1. The minimum absolute atomic E-state index is 0.0450. The molecule has 0 spiro atoms. The van der Waals surface area contributed by atoms with Crippen molar-refractivity contribution in [2.75, 3.05) is 19.7 Å². The first-order chi connectivity index (χ1) is 9.74. The predicted octanol–water partition coefficient (Wildman–Crippen LogP) is 1.78. The normalized spacial score (nSPS) is 27.6. The van der Waals surface area contributed by atoms with Crippen molar-refractivity contribution < 1.29 is 13.3 Å². The summed E-state index contributed by atoms with van der Waals surface area (Å²) < 4.78 is 5.29. The Balaban J connectivity index is 1.83. The fourth-order valence-corrected chi connectivity index (χ4v) is 3.26. The predicted molar refractivity (Wildman–Crippen MR) is 86.7 cm³/mol. The van der Waals surface area contributed by atoms with Crippen LogP contribution in [0.3, 0.4) is 0 Å². The average molecular weight is 391 g/mol. The molecular weight excluding hydrogens is 369 g/mol. The number of benzene rings is 1. The fraction of sp³-hybridized carbons (Fsp3) is 0.600. The molecule has 20 heavy (non-hydrogen) atoms. The summed E-state index contributed by atoms with van der Waals surface area (Å²) in [4.78, 5) is 2.24. The van der Waals surface area contributed by atoms with Gasteiger partial charge in [0, 0.05) is 12.6 Å². The first kappa shape index (κ1) is 16.2. The van der Waals surface area contributed by atoms with Gasteiger partial charge in [0.1, 0.15) is 29.1 Å². The van der Waals surface area contributed by atoms with Crippen LogP contribution in [0.15, 0.2) is 30.3 Å². The Hall–Kier alpha value is -0.210. The number of halogens is 1. The average Bonchev–Trinajstić information content (AvgIpc) is 2.49. The van der Waals surface area contributed by atoms with Crippen molar-refractivity contribution in [3.05, 3.63) is 35.9 Å². The van der Waals surface area contributed by atoms with Gasteiger partial charge in [-0.15, -0.1) is 0 Å². The molecule has 0 bridgehead atoms. The van der Waals surface area contributed by atoms with Gasteiger partial charge in [-0.2, -0.15) is 0 Å².